The van der Waals surface area contributed by atoms with Gasteiger partial charge in [0.05, 0.1) is 22.2 Å². The standard InChI is InChI=1S/C25H22Cl2N2O7/c1-2-34-25(33)16-11-29-24(32)22(23(16)31)15(14-4-6-19-20(8-14)36-12-35-19)9-21(30)28-10-13-3-5-17(26)18(27)7-13/h3-8,11,15H,2,9-10,12H2,1H3,(H,28,30)(H2,29,31,32). The number of aromatic hydroxyl groups is 1. The quantitative estimate of drug-likeness (QED) is 0.372. The van der Waals surface area contributed by atoms with Crippen LogP contribution < -0.4 is 20.3 Å². The van der Waals surface area contributed by atoms with Gasteiger partial charge in [-0.3, -0.25) is 9.59 Å². The number of aromatic amines is 1. The molecule has 0 spiro atoms. The number of fused-ring (bicyclic) bond motifs is 1. The van der Waals surface area contributed by atoms with Gasteiger partial charge in [-0.1, -0.05) is 35.3 Å². The van der Waals surface area contributed by atoms with Gasteiger partial charge in [0.25, 0.3) is 5.56 Å². The van der Waals surface area contributed by atoms with Gasteiger partial charge in [0.15, 0.2) is 11.5 Å². The molecule has 0 saturated carbocycles. The molecule has 0 aliphatic carbocycles. The lowest BCUT2D eigenvalue weighted by Crippen LogP contribution is -2.27. The molecule has 0 fully saturated rings. The van der Waals surface area contributed by atoms with Crippen LogP contribution in [0.15, 0.2) is 47.4 Å². The molecule has 0 saturated heterocycles. The third-order valence-corrected chi connectivity index (χ3v) is 6.35. The molecule has 1 amide bonds. The van der Waals surface area contributed by atoms with Crippen molar-refractivity contribution in [2.45, 2.75) is 25.8 Å². The summed E-state index contributed by atoms with van der Waals surface area (Å²) in [6, 6.07) is 9.94. The molecule has 36 heavy (non-hydrogen) atoms. The van der Waals surface area contributed by atoms with Gasteiger partial charge in [0.1, 0.15) is 11.3 Å². The van der Waals surface area contributed by atoms with Crippen molar-refractivity contribution < 1.29 is 28.9 Å². The van der Waals surface area contributed by atoms with Gasteiger partial charge in [0.2, 0.25) is 12.7 Å². The number of hydrogen-bond donors (Lipinski definition) is 3. The second-order valence-corrected chi connectivity index (χ2v) is 8.72. The maximum Gasteiger partial charge on any atom is 0.343 e. The van der Waals surface area contributed by atoms with Gasteiger partial charge < -0.3 is 29.6 Å². The van der Waals surface area contributed by atoms with Crippen LogP contribution in [0.25, 0.3) is 0 Å². The molecule has 1 unspecified atom stereocenters. The average molecular weight is 533 g/mol. The summed E-state index contributed by atoms with van der Waals surface area (Å²) in [5, 5.41) is 14.5. The smallest absolute Gasteiger partial charge is 0.343 e. The zero-order valence-electron chi connectivity index (χ0n) is 19.1. The summed E-state index contributed by atoms with van der Waals surface area (Å²) >= 11 is 12.0. The van der Waals surface area contributed by atoms with E-state index >= 15 is 0 Å². The first-order chi connectivity index (χ1) is 17.3. The zero-order valence-corrected chi connectivity index (χ0v) is 20.6. The summed E-state index contributed by atoms with van der Waals surface area (Å²) in [6.07, 6.45) is 0.865. The van der Waals surface area contributed by atoms with Crippen molar-refractivity contribution in [3.05, 3.63) is 85.2 Å². The number of ether oxygens (including phenoxy) is 3. The van der Waals surface area contributed by atoms with E-state index in [1.165, 1.54) is 0 Å². The summed E-state index contributed by atoms with van der Waals surface area (Å²) in [6.45, 7) is 1.90. The molecular weight excluding hydrogens is 511 g/mol. The van der Waals surface area contributed by atoms with Crippen molar-refractivity contribution in [2.75, 3.05) is 13.4 Å². The van der Waals surface area contributed by atoms with E-state index < -0.39 is 29.1 Å². The zero-order chi connectivity index (χ0) is 25.8. The Hall–Kier alpha value is -3.69. The predicted molar refractivity (Wildman–Crippen MR) is 132 cm³/mol. The maximum absolute atomic E-state index is 13.0. The second-order valence-electron chi connectivity index (χ2n) is 7.91. The SMILES string of the molecule is CCOC(=O)c1c[nH]c(=O)c(C(CC(=O)NCc2ccc(Cl)c(Cl)c2)c2ccc3c(c2)OCO3)c1O. The molecule has 1 aliphatic rings. The number of aromatic nitrogens is 1. The molecule has 2 aromatic carbocycles. The second kappa shape index (κ2) is 10.9. The topological polar surface area (TPSA) is 127 Å². The minimum absolute atomic E-state index is 0.0395. The van der Waals surface area contributed by atoms with E-state index in [9.17, 15) is 19.5 Å². The Balaban J connectivity index is 1.67. The number of carbonyl (C=O) groups excluding carboxylic acids is 2. The molecule has 1 aliphatic heterocycles. The highest BCUT2D eigenvalue weighted by atomic mass is 35.5. The third-order valence-electron chi connectivity index (χ3n) is 5.61. The Morgan fingerprint density at radius 3 is 2.67 bits per heavy atom. The molecule has 3 aromatic rings. The van der Waals surface area contributed by atoms with Crippen molar-refractivity contribution >= 4 is 35.1 Å². The molecular formula is C25H22Cl2N2O7. The highest BCUT2D eigenvalue weighted by Gasteiger charge is 2.29. The van der Waals surface area contributed by atoms with Crippen LogP contribution in [0.4, 0.5) is 0 Å². The summed E-state index contributed by atoms with van der Waals surface area (Å²) in [4.78, 5) is 40.7. The molecule has 11 heteroatoms. The first-order valence-electron chi connectivity index (χ1n) is 11.0. The molecule has 1 atom stereocenters. The minimum atomic E-state index is -0.925. The van der Waals surface area contributed by atoms with Gasteiger partial charge in [-0.15, -0.1) is 0 Å². The van der Waals surface area contributed by atoms with Gasteiger partial charge in [-0.2, -0.15) is 0 Å². The Morgan fingerprint density at radius 1 is 1.14 bits per heavy atom. The lowest BCUT2D eigenvalue weighted by atomic mass is 9.87. The number of nitrogens with one attached hydrogen (secondary N) is 2. The van der Waals surface area contributed by atoms with Crippen LogP contribution in [0.1, 0.15) is 46.3 Å². The van der Waals surface area contributed by atoms with Crippen molar-refractivity contribution in [1.82, 2.24) is 10.3 Å². The number of rotatable bonds is 8. The van der Waals surface area contributed by atoms with Crippen LogP contribution in [0.5, 0.6) is 17.2 Å². The molecule has 0 bridgehead atoms. The number of halogens is 2. The van der Waals surface area contributed by atoms with Crippen LogP contribution >= 0.6 is 23.2 Å². The summed E-state index contributed by atoms with van der Waals surface area (Å²) < 4.78 is 15.8. The number of pyridine rings is 1. The fourth-order valence-corrected chi connectivity index (χ4v) is 4.17. The first-order valence-corrected chi connectivity index (χ1v) is 11.8. The summed E-state index contributed by atoms with van der Waals surface area (Å²) in [7, 11) is 0. The van der Waals surface area contributed by atoms with Crippen molar-refractivity contribution in [1.29, 1.82) is 0 Å². The number of carbonyl (C=O) groups is 2. The molecule has 3 N–H and O–H groups in total. The number of benzene rings is 2. The van der Waals surface area contributed by atoms with E-state index in [-0.39, 0.29) is 37.5 Å². The monoisotopic (exact) mass is 532 g/mol. The molecule has 188 valence electrons. The third kappa shape index (κ3) is 5.42. The highest BCUT2D eigenvalue weighted by Crippen LogP contribution is 2.39. The first kappa shape index (κ1) is 25.4. The predicted octanol–water partition coefficient (Wildman–Crippen LogP) is 4.13. The van der Waals surface area contributed by atoms with Crippen molar-refractivity contribution in [2.24, 2.45) is 0 Å². The van der Waals surface area contributed by atoms with Crippen LogP contribution in [0.2, 0.25) is 10.0 Å². The number of H-pyrrole nitrogens is 1. The van der Waals surface area contributed by atoms with Crippen LogP contribution in [-0.2, 0) is 16.1 Å². The van der Waals surface area contributed by atoms with Crippen LogP contribution in [0, 0.1) is 0 Å². The van der Waals surface area contributed by atoms with E-state index in [0.717, 1.165) is 11.8 Å². The highest BCUT2D eigenvalue weighted by molar-refractivity contribution is 6.42. The summed E-state index contributed by atoms with van der Waals surface area (Å²) in [5.74, 6) is -1.75. The molecule has 4 rings (SSSR count). The molecule has 0 radical (unpaired) electrons. The Labute approximate surface area is 215 Å². The molecule has 2 heterocycles. The Morgan fingerprint density at radius 2 is 1.92 bits per heavy atom. The number of esters is 1. The van der Waals surface area contributed by atoms with E-state index in [1.807, 2.05) is 0 Å². The lowest BCUT2D eigenvalue weighted by molar-refractivity contribution is -0.121. The molecule has 1 aromatic heterocycles. The fourth-order valence-electron chi connectivity index (χ4n) is 3.85. The summed E-state index contributed by atoms with van der Waals surface area (Å²) in [5.41, 5.74) is 0.214. The van der Waals surface area contributed by atoms with Gasteiger partial charge in [-0.25, -0.2) is 4.79 Å². The maximum atomic E-state index is 13.0. The Bertz CT molecular complexity index is 1370. The fraction of sp³-hybridized carbons (Fsp3) is 0.240. The van der Waals surface area contributed by atoms with Crippen molar-refractivity contribution in [3.63, 3.8) is 0 Å². The Kier molecular flexibility index (Phi) is 7.71. The minimum Gasteiger partial charge on any atom is -0.506 e. The van der Waals surface area contributed by atoms with E-state index in [4.69, 9.17) is 37.4 Å². The van der Waals surface area contributed by atoms with Gasteiger partial charge in [-0.05, 0) is 42.3 Å². The molecule has 9 nitrogen and oxygen atoms in total. The number of amides is 1. The van der Waals surface area contributed by atoms with Crippen molar-refractivity contribution in [3.8, 4) is 17.2 Å². The lowest BCUT2D eigenvalue weighted by Gasteiger charge is -2.19. The van der Waals surface area contributed by atoms with E-state index in [2.05, 4.69) is 10.3 Å². The van der Waals surface area contributed by atoms with Crippen LogP contribution in [-0.4, -0.2) is 35.4 Å². The van der Waals surface area contributed by atoms with Gasteiger partial charge >= 0.3 is 5.97 Å². The number of hydrogen-bond acceptors (Lipinski definition) is 7. The van der Waals surface area contributed by atoms with E-state index in [0.29, 0.717) is 27.1 Å². The van der Waals surface area contributed by atoms with E-state index in [1.54, 1.807) is 43.3 Å². The van der Waals surface area contributed by atoms with Crippen LogP contribution in [0.3, 0.4) is 0 Å². The normalized spacial score (nSPS) is 12.8. The average Bonchev–Trinajstić information content (AvgIpc) is 3.32. The largest absolute Gasteiger partial charge is 0.506 e. The van der Waals surface area contributed by atoms with Gasteiger partial charge in [0, 0.05) is 25.1 Å².